The molecular formula is C54H71ClN4O8S. The van der Waals surface area contributed by atoms with Gasteiger partial charge in [-0.15, -0.1) is 11.6 Å². The summed E-state index contributed by atoms with van der Waals surface area (Å²) in [5.74, 6) is 3.77. The second kappa shape index (κ2) is 23.9. The SMILES string of the molecule is CCCl.CN(c1ccc([C@@H]2CCNCC[C@H]2COc2ccc3c(c2)C(=O)CC3)cc1)S(C)(=O)=O.CNc1ccc([C@@H]2CCN(C(=O)OC(C)(C)C)CC[C@H]2COc2ccc3c(c2)C(=O)CC3)cc1. The van der Waals surface area contributed by atoms with E-state index in [2.05, 4.69) is 34.9 Å². The predicted octanol–water partition coefficient (Wildman–Crippen LogP) is 10.3. The van der Waals surface area contributed by atoms with Gasteiger partial charge in [0.15, 0.2) is 11.6 Å². The highest BCUT2D eigenvalue weighted by Crippen LogP contribution is 2.37. The number of hydrogen-bond acceptors (Lipinski definition) is 10. The molecule has 0 radical (unpaired) electrons. The normalized spacial score (nSPS) is 20.3. The van der Waals surface area contributed by atoms with Gasteiger partial charge < -0.3 is 29.7 Å². The number of halogens is 1. The maximum Gasteiger partial charge on any atom is 0.410 e. The standard InChI is InChI=1S/C28H36N2O4.C24H30N2O4S.C2H5Cl/c1-28(2,3)34-27(32)30-15-13-21(24(14-16-30)19-5-9-22(29-4)10-6-19)18-33-23-11-7-20-8-12-26(31)25(20)17-23;1-26(31(2,28)29)20-7-3-17(4-8-20)22-12-14-25-13-11-19(22)16-30-21-9-5-18-6-10-24(27)23(18)15-21;1-2-3/h5-7,9-11,17,21,24,29H,8,12-16,18H2,1-4H3;3-5,7-9,15,19,22,25H,6,10-14,16H2,1-2H3;2H2,1H3/t21-,24-;19-,22-;/m00./s1. The van der Waals surface area contributed by atoms with Crippen molar-refractivity contribution in [2.75, 3.05) is 75.2 Å². The van der Waals surface area contributed by atoms with E-state index in [1.807, 2.05) is 100 Å². The number of ketones is 2. The smallest absolute Gasteiger partial charge is 0.410 e. The summed E-state index contributed by atoms with van der Waals surface area (Å²) < 4.78 is 43.0. The molecular weight excluding hydrogens is 900 g/mol. The molecule has 2 aliphatic carbocycles. The van der Waals surface area contributed by atoms with Gasteiger partial charge in [-0.25, -0.2) is 13.2 Å². The molecule has 0 spiro atoms. The van der Waals surface area contributed by atoms with E-state index < -0.39 is 15.6 Å². The van der Waals surface area contributed by atoms with E-state index in [1.165, 1.54) is 21.7 Å². The highest BCUT2D eigenvalue weighted by molar-refractivity contribution is 7.92. The van der Waals surface area contributed by atoms with Crippen molar-refractivity contribution < 1.29 is 37.0 Å². The van der Waals surface area contributed by atoms with Crippen molar-refractivity contribution in [3.8, 4) is 11.5 Å². The molecule has 0 aromatic heterocycles. The fourth-order valence-electron chi connectivity index (χ4n) is 9.50. The van der Waals surface area contributed by atoms with E-state index in [1.54, 1.807) is 7.05 Å². The Balaban J connectivity index is 0.000000213. The summed E-state index contributed by atoms with van der Waals surface area (Å²) in [5, 5.41) is 6.65. The van der Waals surface area contributed by atoms with E-state index in [4.69, 9.17) is 25.8 Å². The van der Waals surface area contributed by atoms with Crippen LogP contribution in [0.1, 0.15) is 121 Å². The van der Waals surface area contributed by atoms with Crippen LogP contribution in [-0.2, 0) is 27.6 Å². The number of amides is 1. The summed E-state index contributed by atoms with van der Waals surface area (Å²) in [4.78, 5) is 38.8. The molecule has 68 heavy (non-hydrogen) atoms. The van der Waals surface area contributed by atoms with Crippen LogP contribution in [0, 0.1) is 11.8 Å². The molecule has 4 aliphatic rings. The zero-order chi connectivity index (χ0) is 49.0. The van der Waals surface area contributed by atoms with E-state index >= 15 is 0 Å². The molecule has 1 amide bonds. The van der Waals surface area contributed by atoms with E-state index in [0.717, 1.165) is 96.9 Å². The van der Waals surface area contributed by atoms with E-state index in [0.29, 0.717) is 56.7 Å². The number of aryl methyl sites for hydroxylation is 2. The van der Waals surface area contributed by atoms with Crippen LogP contribution in [-0.4, -0.2) is 102 Å². The number of alkyl halides is 1. The maximum absolute atomic E-state index is 12.8. The monoisotopic (exact) mass is 970 g/mol. The minimum Gasteiger partial charge on any atom is -0.493 e. The Kier molecular flexibility index (Phi) is 18.4. The van der Waals surface area contributed by atoms with Gasteiger partial charge in [0.2, 0.25) is 10.0 Å². The van der Waals surface area contributed by atoms with E-state index in [-0.39, 0.29) is 29.5 Å². The number of fused-ring (bicyclic) bond motifs is 2. The second-order valence-electron chi connectivity index (χ2n) is 19.2. The third-order valence-electron chi connectivity index (χ3n) is 13.3. The average molecular weight is 972 g/mol. The zero-order valence-electron chi connectivity index (χ0n) is 40.9. The Bertz CT molecular complexity index is 2440. The van der Waals surface area contributed by atoms with Crippen molar-refractivity contribution in [2.24, 2.45) is 11.8 Å². The lowest BCUT2D eigenvalue weighted by molar-refractivity contribution is 0.0253. The maximum atomic E-state index is 12.8. The quantitative estimate of drug-likeness (QED) is 0.139. The van der Waals surface area contributed by atoms with Gasteiger partial charge in [0, 0.05) is 74.6 Å². The van der Waals surface area contributed by atoms with Crippen molar-refractivity contribution in [2.45, 2.75) is 96.5 Å². The predicted molar refractivity (Wildman–Crippen MR) is 273 cm³/mol. The number of nitrogens with zero attached hydrogens (tertiary/aromatic N) is 2. The molecule has 0 bridgehead atoms. The van der Waals surface area contributed by atoms with E-state index in [9.17, 15) is 22.8 Å². The molecule has 2 aliphatic heterocycles. The van der Waals surface area contributed by atoms with Crippen LogP contribution in [0.15, 0.2) is 84.9 Å². The van der Waals surface area contributed by atoms with Gasteiger partial charge in [-0.05, 0) is 155 Å². The number of ether oxygens (including phenoxy) is 3. The number of benzene rings is 4. The Morgan fingerprint density at radius 1 is 0.750 bits per heavy atom. The Labute approximate surface area is 409 Å². The summed E-state index contributed by atoms with van der Waals surface area (Å²) in [7, 11) is 0.203. The van der Waals surface area contributed by atoms with Gasteiger partial charge in [-0.1, -0.05) is 43.3 Å². The molecule has 2 N–H and O–H groups in total. The number of hydrogen-bond donors (Lipinski definition) is 2. The molecule has 4 aromatic rings. The van der Waals surface area contributed by atoms with Crippen molar-refractivity contribution >= 4 is 50.7 Å². The fraction of sp³-hybridized carbons (Fsp3) is 0.500. The van der Waals surface area contributed by atoms with Crippen LogP contribution >= 0.6 is 11.6 Å². The molecule has 8 rings (SSSR count). The van der Waals surface area contributed by atoms with Gasteiger partial charge >= 0.3 is 6.09 Å². The number of likely N-dealkylation sites (tertiary alicyclic amines) is 1. The van der Waals surface area contributed by atoms with Gasteiger partial charge in [0.05, 0.1) is 25.2 Å². The topological polar surface area (TPSA) is 144 Å². The first-order valence-electron chi connectivity index (χ1n) is 24.1. The first-order chi connectivity index (χ1) is 32.5. The first kappa shape index (κ1) is 52.3. The Morgan fingerprint density at radius 2 is 1.24 bits per heavy atom. The molecule has 368 valence electrons. The summed E-state index contributed by atoms with van der Waals surface area (Å²) in [6.45, 7) is 11.9. The molecule has 4 atom stereocenters. The van der Waals surface area contributed by atoms with Crippen molar-refractivity contribution in [1.82, 2.24) is 10.2 Å². The van der Waals surface area contributed by atoms with Gasteiger partial charge in [-0.3, -0.25) is 13.9 Å². The summed E-state index contributed by atoms with van der Waals surface area (Å²) in [6, 6.07) is 28.1. The molecule has 0 unspecified atom stereocenters. The molecule has 2 saturated heterocycles. The third-order valence-corrected chi connectivity index (χ3v) is 14.5. The largest absolute Gasteiger partial charge is 0.493 e. The van der Waals surface area contributed by atoms with Crippen LogP contribution in [0.2, 0.25) is 0 Å². The number of rotatable bonds is 11. The fourth-order valence-corrected chi connectivity index (χ4v) is 10.0. The summed E-state index contributed by atoms with van der Waals surface area (Å²) >= 11 is 5.00. The minimum atomic E-state index is -3.28. The summed E-state index contributed by atoms with van der Waals surface area (Å²) in [5.41, 5.74) is 7.51. The Hall–Kier alpha value is -5.11. The van der Waals surface area contributed by atoms with Crippen LogP contribution in [0.4, 0.5) is 16.2 Å². The number of sulfonamides is 1. The highest BCUT2D eigenvalue weighted by atomic mass is 35.5. The van der Waals surface area contributed by atoms with Crippen molar-refractivity contribution in [3.63, 3.8) is 0 Å². The summed E-state index contributed by atoms with van der Waals surface area (Å²) in [6.07, 6.45) is 7.45. The van der Waals surface area contributed by atoms with Crippen LogP contribution in [0.5, 0.6) is 11.5 Å². The lowest BCUT2D eigenvalue weighted by atomic mass is 9.83. The number of anilines is 2. The van der Waals surface area contributed by atoms with Crippen LogP contribution < -0.4 is 24.4 Å². The van der Waals surface area contributed by atoms with Gasteiger partial charge in [0.1, 0.15) is 17.1 Å². The van der Waals surface area contributed by atoms with Crippen LogP contribution in [0.25, 0.3) is 0 Å². The van der Waals surface area contributed by atoms with Gasteiger partial charge in [-0.2, -0.15) is 0 Å². The minimum absolute atomic E-state index is 0.199. The molecule has 4 aromatic carbocycles. The molecule has 0 saturated carbocycles. The first-order valence-corrected chi connectivity index (χ1v) is 26.5. The van der Waals surface area contributed by atoms with Gasteiger partial charge in [0.25, 0.3) is 0 Å². The number of carbonyl (C=O) groups is 3. The highest BCUT2D eigenvalue weighted by Gasteiger charge is 2.33. The number of carbonyl (C=O) groups excluding carboxylic acids is 3. The van der Waals surface area contributed by atoms with Crippen molar-refractivity contribution in [1.29, 1.82) is 0 Å². The zero-order valence-corrected chi connectivity index (χ0v) is 42.5. The second-order valence-corrected chi connectivity index (χ2v) is 21.7. The number of Topliss-reactive ketones (excluding diaryl/α,β-unsaturated/α-hetero) is 2. The third kappa shape index (κ3) is 14.2. The Morgan fingerprint density at radius 3 is 1.75 bits per heavy atom. The molecule has 2 heterocycles. The lowest BCUT2D eigenvalue weighted by Crippen LogP contribution is -2.37. The van der Waals surface area contributed by atoms with Crippen molar-refractivity contribution in [3.05, 3.63) is 118 Å². The molecule has 12 nitrogen and oxygen atoms in total. The number of nitrogens with one attached hydrogen (secondary N) is 2. The lowest BCUT2D eigenvalue weighted by Gasteiger charge is -2.26. The average Bonchev–Trinajstić information content (AvgIpc) is 3.66. The molecule has 2 fully saturated rings. The van der Waals surface area contributed by atoms with Crippen LogP contribution in [0.3, 0.4) is 0 Å². The molecule has 14 heteroatoms.